The number of methoxy groups -OCH3 is 1. The van der Waals surface area contributed by atoms with E-state index in [1.165, 1.54) is 23.5 Å². The number of ether oxygens (including phenoxy) is 1. The molecule has 0 spiro atoms. The molecule has 0 unspecified atom stereocenters. The molecule has 1 heterocycles. The standard InChI is InChI=1S/C13H15NO4S/c1-18-13(15)11-7-3-4-8-12(11)19(16,17)14-9-5-2-6-10-14/h2-5,7-8H,6,9-10H2,1H3. The van der Waals surface area contributed by atoms with Crippen LogP contribution < -0.4 is 0 Å². The smallest absolute Gasteiger partial charge is 0.339 e. The SMILES string of the molecule is COC(=O)c1ccccc1S(=O)(=O)N1CC=CCC1. The molecule has 5 nitrogen and oxygen atoms in total. The largest absolute Gasteiger partial charge is 0.465 e. The summed E-state index contributed by atoms with van der Waals surface area (Å²) in [6, 6.07) is 6.10. The lowest BCUT2D eigenvalue weighted by atomic mass is 10.2. The van der Waals surface area contributed by atoms with Crippen LogP contribution in [-0.4, -0.2) is 38.9 Å². The molecule has 0 bridgehead atoms. The number of rotatable bonds is 3. The normalized spacial score (nSPS) is 16.3. The fourth-order valence-electron chi connectivity index (χ4n) is 1.95. The lowest BCUT2D eigenvalue weighted by Crippen LogP contribution is -2.34. The van der Waals surface area contributed by atoms with Crippen LogP contribution in [0.25, 0.3) is 0 Å². The molecule has 0 saturated heterocycles. The summed E-state index contributed by atoms with van der Waals surface area (Å²) in [5.74, 6) is -0.647. The van der Waals surface area contributed by atoms with E-state index in [1.807, 2.05) is 12.2 Å². The van der Waals surface area contributed by atoms with E-state index in [9.17, 15) is 13.2 Å². The summed E-state index contributed by atoms with van der Waals surface area (Å²) in [5, 5.41) is 0. The number of hydrogen-bond acceptors (Lipinski definition) is 4. The molecule has 1 aromatic rings. The molecule has 1 aromatic carbocycles. The summed E-state index contributed by atoms with van der Waals surface area (Å²) in [7, 11) is -2.44. The van der Waals surface area contributed by atoms with Crippen LogP contribution in [0, 0.1) is 0 Å². The summed E-state index contributed by atoms with van der Waals surface area (Å²) >= 11 is 0. The fourth-order valence-corrected chi connectivity index (χ4v) is 3.53. The molecule has 0 aliphatic carbocycles. The van der Waals surface area contributed by atoms with Crippen molar-refractivity contribution in [1.29, 1.82) is 0 Å². The molecule has 102 valence electrons. The van der Waals surface area contributed by atoms with Crippen molar-refractivity contribution in [2.24, 2.45) is 0 Å². The zero-order chi connectivity index (χ0) is 13.9. The minimum Gasteiger partial charge on any atom is -0.465 e. The van der Waals surface area contributed by atoms with E-state index in [0.29, 0.717) is 19.5 Å². The third-order valence-corrected chi connectivity index (χ3v) is 4.85. The average Bonchev–Trinajstić information content (AvgIpc) is 2.47. The maximum atomic E-state index is 12.5. The van der Waals surface area contributed by atoms with Gasteiger partial charge in [-0.3, -0.25) is 0 Å². The highest BCUT2D eigenvalue weighted by Crippen LogP contribution is 2.22. The van der Waals surface area contributed by atoms with Crippen LogP contribution in [0.5, 0.6) is 0 Å². The molecule has 19 heavy (non-hydrogen) atoms. The monoisotopic (exact) mass is 281 g/mol. The second-order valence-corrected chi connectivity index (χ2v) is 6.02. The first kappa shape index (κ1) is 13.8. The van der Waals surface area contributed by atoms with Crippen LogP contribution >= 0.6 is 0 Å². The van der Waals surface area contributed by atoms with Gasteiger partial charge in [-0.2, -0.15) is 4.31 Å². The molecular formula is C13H15NO4S. The highest BCUT2D eigenvalue weighted by atomic mass is 32.2. The molecular weight excluding hydrogens is 266 g/mol. The summed E-state index contributed by atoms with van der Waals surface area (Å²) in [6.07, 6.45) is 4.43. The van der Waals surface area contributed by atoms with Gasteiger partial charge in [0.15, 0.2) is 0 Å². The predicted octanol–water partition coefficient (Wildman–Crippen LogP) is 1.42. The van der Waals surface area contributed by atoms with E-state index in [2.05, 4.69) is 4.74 Å². The van der Waals surface area contributed by atoms with E-state index >= 15 is 0 Å². The van der Waals surface area contributed by atoms with Crippen molar-refractivity contribution in [3.05, 3.63) is 42.0 Å². The number of nitrogens with zero attached hydrogens (tertiary/aromatic N) is 1. The molecule has 1 aliphatic heterocycles. The van der Waals surface area contributed by atoms with E-state index in [4.69, 9.17) is 0 Å². The maximum absolute atomic E-state index is 12.5. The van der Waals surface area contributed by atoms with Gasteiger partial charge in [0.2, 0.25) is 10.0 Å². The van der Waals surface area contributed by atoms with Crippen molar-refractivity contribution >= 4 is 16.0 Å². The molecule has 0 amide bonds. The van der Waals surface area contributed by atoms with E-state index in [1.54, 1.807) is 12.1 Å². The highest BCUT2D eigenvalue weighted by molar-refractivity contribution is 7.89. The third kappa shape index (κ3) is 2.69. The van der Waals surface area contributed by atoms with Crippen molar-refractivity contribution < 1.29 is 17.9 Å². The highest BCUT2D eigenvalue weighted by Gasteiger charge is 2.28. The van der Waals surface area contributed by atoms with Gasteiger partial charge in [-0.05, 0) is 18.6 Å². The maximum Gasteiger partial charge on any atom is 0.339 e. The second-order valence-electron chi connectivity index (χ2n) is 4.11. The van der Waals surface area contributed by atoms with Gasteiger partial charge in [-0.15, -0.1) is 0 Å². The van der Waals surface area contributed by atoms with Gasteiger partial charge in [0.05, 0.1) is 17.6 Å². The number of hydrogen-bond donors (Lipinski definition) is 0. The summed E-state index contributed by atoms with van der Waals surface area (Å²) < 4.78 is 31.0. The van der Waals surface area contributed by atoms with Gasteiger partial charge in [0, 0.05) is 13.1 Å². The van der Waals surface area contributed by atoms with Crippen molar-refractivity contribution in [3.8, 4) is 0 Å². The molecule has 0 radical (unpaired) electrons. The zero-order valence-corrected chi connectivity index (χ0v) is 11.4. The molecule has 0 atom stereocenters. The quantitative estimate of drug-likeness (QED) is 0.621. The van der Waals surface area contributed by atoms with E-state index in [-0.39, 0.29) is 10.5 Å². The topological polar surface area (TPSA) is 63.7 Å². The minimum absolute atomic E-state index is 0.00264. The molecule has 0 saturated carbocycles. The first-order chi connectivity index (χ1) is 9.07. The van der Waals surface area contributed by atoms with Crippen LogP contribution in [0.1, 0.15) is 16.8 Å². The fraction of sp³-hybridized carbons (Fsp3) is 0.308. The average molecular weight is 281 g/mol. The minimum atomic E-state index is -3.67. The lowest BCUT2D eigenvalue weighted by Gasteiger charge is -2.23. The van der Waals surface area contributed by atoms with Gasteiger partial charge >= 0.3 is 5.97 Å². The number of esters is 1. The van der Waals surface area contributed by atoms with Gasteiger partial charge < -0.3 is 4.74 Å². The summed E-state index contributed by atoms with van der Waals surface area (Å²) in [4.78, 5) is 11.6. The molecule has 2 rings (SSSR count). The Kier molecular flexibility index (Phi) is 4.01. The Labute approximate surface area is 112 Å². The Balaban J connectivity index is 2.46. The Bertz CT molecular complexity index is 607. The second kappa shape index (κ2) is 5.54. The first-order valence-electron chi connectivity index (χ1n) is 5.90. The van der Waals surface area contributed by atoms with Crippen LogP contribution in [0.3, 0.4) is 0 Å². The van der Waals surface area contributed by atoms with Crippen LogP contribution in [-0.2, 0) is 14.8 Å². The number of sulfonamides is 1. The number of benzene rings is 1. The molecule has 0 fully saturated rings. The summed E-state index contributed by atoms with van der Waals surface area (Å²) in [5.41, 5.74) is 0.0690. The van der Waals surface area contributed by atoms with Gasteiger partial charge in [-0.1, -0.05) is 24.3 Å². The summed E-state index contributed by atoms with van der Waals surface area (Å²) in [6.45, 7) is 0.756. The van der Waals surface area contributed by atoms with Crippen molar-refractivity contribution in [2.45, 2.75) is 11.3 Å². The number of carbonyl (C=O) groups excluding carboxylic acids is 1. The van der Waals surface area contributed by atoms with Crippen molar-refractivity contribution in [1.82, 2.24) is 4.31 Å². The van der Waals surface area contributed by atoms with Gasteiger partial charge in [0.1, 0.15) is 0 Å². The molecule has 1 aliphatic rings. The Morgan fingerprint density at radius 3 is 2.63 bits per heavy atom. The van der Waals surface area contributed by atoms with E-state index < -0.39 is 16.0 Å². The third-order valence-electron chi connectivity index (χ3n) is 2.93. The Hall–Kier alpha value is -1.66. The van der Waals surface area contributed by atoms with Crippen LogP contribution in [0.15, 0.2) is 41.3 Å². The Morgan fingerprint density at radius 2 is 2.00 bits per heavy atom. The van der Waals surface area contributed by atoms with Crippen molar-refractivity contribution in [2.75, 3.05) is 20.2 Å². The van der Waals surface area contributed by atoms with Gasteiger partial charge in [0.25, 0.3) is 0 Å². The molecule has 0 aromatic heterocycles. The Morgan fingerprint density at radius 1 is 1.26 bits per heavy atom. The van der Waals surface area contributed by atoms with Crippen molar-refractivity contribution in [3.63, 3.8) is 0 Å². The van der Waals surface area contributed by atoms with Crippen LogP contribution in [0.4, 0.5) is 0 Å². The molecule has 0 N–H and O–H groups in total. The van der Waals surface area contributed by atoms with E-state index in [0.717, 1.165) is 0 Å². The zero-order valence-electron chi connectivity index (χ0n) is 10.6. The first-order valence-corrected chi connectivity index (χ1v) is 7.34. The molecule has 6 heteroatoms. The van der Waals surface area contributed by atoms with Crippen LogP contribution in [0.2, 0.25) is 0 Å². The predicted molar refractivity (Wildman–Crippen MR) is 70.3 cm³/mol. The lowest BCUT2D eigenvalue weighted by molar-refractivity contribution is 0.0596. The number of carbonyl (C=O) groups is 1. The van der Waals surface area contributed by atoms with Gasteiger partial charge in [-0.25, -0.2) is 13.2 Å².